The third kappa shape index (κ3) is 1.74. The maximum Gasteiger partial charge on any atom is 0.0780 e. The van der Waals surface area contributed by atoms with Crippen molar-refractivity contribution < 1.29 is 10.2 Å². The largest absolute Gasteiger partial charge is 0.394 e. The predicted molar refractivity (Wildman–Crippen MR) is 71.4 cm³/mol. The molecule has 0 radical (unpaired) electrons. The maximum atomic E-state index is 9.72. The first-order valence-electron chi connectivity index (χ1n) is 6.28. The van der Waals surface area contributed by atoms with Gasteiger partial charge < -0.3 is 10.2 Å². The molecular formula is C16H16O2. The van der Waals surface area contributed by atoms with Gasteiger partial charge in [0.2, 0.25) is 0 Å². The van der Waals surface area contributed by atoms with Crippen LogP contribution >= 0.6 is 0 Å². The number of hydrogen-bond donors (Lipinski definition) is 2. The van der Waals surface area contributed by atoms with Crippen molar-refractivity contribution in [2.24, 2.45) is 0 Å². The molecule has 0 aromatic heterocycles. The van der Waals surface area contributed by atoms with Gasteiger partial charge in [-0.05, 0) is 28.7 Å². The lowest BCUT2D eigenvalue weighted by Crippen LogP contribution is -2.16. The molecular weight excluding hydrogens is 224 g/mol. The average molecular weight is 240 g/mol. The Balaban J connectivity index is 2.09. The molecule has 1 atom stereocenters. The minimum absolute atomic E-state index is 0.180. The molecule has 0 fully saturated rings. The Labute approximate surface area is 107 Å². The van der Waals surface area contributed by atoms with E-state index in [1.807, 2.05) is 24.3 Å². The normalized spacial score (nSPS) is 15.2. The van der Waals surface area contributed by atoms with E-state index in [0.717, 1.165) is 0 Å². The van der Waals surface area contributed by atoms with Crippen molar-refractivity contribution in [2.75, 3.05) is 6.61 Å². The molecule has 1 unspecified atom stereocenters. The second-order valence-corrected chi connectivity index (χ2v) is 4.80. The summed E-state index contributed by atoms with van der Waals surface area (Å²) in [7, 11) is 0. The van der Waals surface area contributed by atoms with E-state index in [2.05, 4.69) is 24.3 Å². The van der Waals surface area contributed by atoms with Crippen molar-refractivity contribution in [3.63, 3.8) is 0 Å². The van der Waals surface area contributed by atoms with E-state index >= 15 is 0 Å². The number of aliphatic hydroxyl groups is 2. The molecule has 3 rings (SSSR count). The summed E-state index contributed by atoms with van der Waals surface area (Å²) in [4.78, 5) is 0. The van der Waals surface area contributed by atoms with Crippen LogP contribution in [0.3, 0.4) is 0 Å². The van der Waals surface area contributed by atoms with Gasteiger partial charge in [0.1, 0.15) is 0 Å². The van der Waals surface area contributed by atoms with Gasteiger partial charge in [-0.3, -0.25) is 0 Å². The van der Waals surface area contributed by atoms with Crippen LogP contribution in [0.4, 0.5) is 0 Å². The second-order valence-electron chi connectivity index (χ2n) is 4.80. The Bertz CT molecular complexity index is 517. The van der Waals surface area contributed by atoms with Gasteiger partial charge in [-0.25, -0.2) is 0 Å². The van der Waals surface area contributed by atoms with Crippen LogP contribution in [0.5, 0.6) is 0 Å². The van der Waals surface area contributed by atoms with Gasteiger partial charge in [-0.2, -0.15) is 0 Å². The molecule has 92 valence electrons. The van der Waals surface area contributed by atoms with Crippen molar-refractivity contribution in [2.45, 2.75) is 18.4 Å². The van der Waals surface area contributed by atoms with E-state index in [-0.39, 0.29) is 12.5 Å². The molecule has 0 saturated carbocycles. The molecule has 18 heavy (non-hydrogen) atoms. The molecule has 0 amide bonds. The van der Waals surface area contributed by atoms with Crippen LogP contribution in [-0.2, 0) is 0 Å². The summed E-state index contributed by atoms with van der Waals surface area (Å²) in [6, 6.07) is 16.6. The zero-order valence-corrected chi connectivity index (χ0v) is 10.1. The lowest BCUT2D eigenvalue weighted by atomic mass is 9.91. The standard InChI is InChI=1S/C16H16O2/c17-10-11(18)9-16-14-7-3-1-5-12(14)13-6-2-4-8-15(13)16/h1-8,11,16-18H,9-10H2. The summed E-state index contributed by atoms with van der Waals surface area (Å²) >= 11 is 0. The Morgan fingerprint density at radius 1 is 0.889 bits per heavy atom. The molecule has 2 heteroatoms. The van der Waals surface area contributed by atoms with Crippen molar-refractivity contribution in [1.29, 1.82) is 0 Å². The predicted octanol–water partition coefficient (Wildman–Crippen LogP) is 2.54. The van der Waals surface area contributed by atoms with Crippen LogP contribution in [0.2, 0.25) is 0 Å². The van der Waals surface area contributed by atoms with Crippen LogP contribution < -0.4 is 0 Å². The minimum atomic E-state index is -0.658. The summed E-state index contributed by atoms with van der Waals surface area (Å²) in [6.45, 7) is -0.180. The number of hydrogen-bond acceptors (Lipinski definition) is 2. The van der Waals surface area contributed by atoms with Gasteiger partial charge in [-0.15, -0.1) is 0 Å². The van der Waals surface area contributed by atoms with Gasteiger partial charge in [0, 0.05) is 5.92 Å². The van der Waals surface area contributed by atoms with E-state index in [0.29, 0.717) is 6.42 Å². The second kappa shape index (κ2) is 4.56. The van der Waals surface area contributed by atoms with E-state index < -0.39 is 6.10 Å². The summed E-state index contributed by atoms with van der Waals surface area (Å²) < 4.78 is 0. The van der Waals surface area contributed by atoms with Crippen LogP contribution in [0.15, 0.2) is 48.5 Å². The van der Waals surface area contributed by atoms with Crippen LogP contribution in [0, 0.1) is 0 Å². The zero-order chi connectivity index (χ0) is 12.5. The van der Waals surface area contributed by atoms with E-state index in [1.54, 1.807) is 0 Å². The number of benzene rings is 2. The molecule has 2 nitrogen and oxygen atoms in total. The Hall–Kier alpha value is -1.64. The van der Waals surface area contributed by atoms with Crippen LogP contribution in [-0.4, -0.2) is 22.9 Å². The van der Waals surface area contributed by atoms with Crippen LogP contribution in [0.1, 0.15) is 23.5 Å². The lowest BCUT2D eigenvalue weighted by Gasteiger charge is -2.16. The molecule has 0 heterocycles. The highest BCUT2D eigenvalue weighted by atomic mass is 16.3. The quantitative estimate of drug-likeness (QED) is 0.865. The molecule has 0 bridgehead atoms. The molecule has 2 aromatic rings. The lowest BCUT2D eigenvalue weighted by molar-refractivity contribution is 0.0852. The fourth-order valence-corrected chi connectivity index (χ4v) is 2.86. The van der Waals surface area contributed by atoms with E-state index in [4.69, 9.17) is 5.11 Å². The van der Waals surface area contributed by atoms with Crippen molar-refractivity contribution in [3.05, 3.63) is 59.7 Å². The van der Waals surface area contributed by atoms with Gasteiger partial charge >= 0.3 is 0 Å². The van der Waals surface area contributed by atoms with Gasteiger partial charge in [0.05, 0.1) is 12.7 Å². The molecule has 0 saturated heterocycles. The number of aliphatic hydroxyl groups excluding tert-OH is 2. The van der Waals surface area contributed by atoms with Crippen molar-refractivity contribution >= 4 is 0 Å². The smallest absolute Gasteiger partial charge is 0.0780 e. The van der Waals surface area contributed by atoms with E-state index in [9.17, 15) is 5.11 Å². The monoisotopic (exact) mass is 240 g/mol. The first kappa shape index (κ1) is 11.5. The summed E-state index contributed by atoms with van der Waals surface area (Å²) in [5, 5.41) is 18.8. The Morgan fingerprint density at radius 3 is 1.89 bits per heavy atom. The highest BCUT2D eigenvalue weighted by Gasteiger charge is 2.29. The third-order valence-corrected chi connectivity index (χ3v) is 3.68. The molecule has 0 spiro atoms. The van der Waals surface area contributed by atoms with Crippen molar-refractivity contribution in [3.8, 4) is 11.1 Å². The third-order valence-electron chi connectivity index (χ3n) is 3.68. The SMILES string of the molecule is OCC(O)CC1c2ccccc2-c2ccccc21. The molecule has 0 aliphatic heterocycles. The summed E-state index contributed by atoms with van der Waals surface area (Å²) in [5.74, 6) is 0.194. The number of rotatable bonds is 3. The van der Waals surface area contributed by atoms with Crippen molar-refractivity contribution in [1.82, 2.24) is 0 Å². The highest BCUT2D eigenvalue weighted by Crippen LogP contribution is 2.46. The Kier molecular flexibility index (Phi) is 2.90. The molecule has 1 aliphatic carbocycles. The molecule has 2 aromatic carbocycles. The zero-order valence-electron chi connectivity index (χ0n) is 10.1. The summed E-state index contributed by atoms with van der Waals surface area (Å²) in [6.07, 6.45) is -0.0842. The van der Waals surface area contributed by atoms with Crippen LogP contribution in [0.25, 0.3) is 11.1 Å². The van der Waals surface area contributed by atoms with Gasteiger partial charge in [-0.1, -0.05) is 48.5 Å². The molecule has 2 N–H and O–H groups in total. The average Bonchev–Trinajstić information content (AvgIpc) is 2.74. The Morgan fingerprint density at radius 2 is 1.39 bits per heavy atom. The number of fused-ring (bicyclic) bond motifs is 3. The maximum absolute atomic E-state index is 9.72. The summed E-state index contributed by atoms with van der Waals surface area (Å²) in [5.41, 5.74) is 5.02. The topological polar surface area (TPSA) is 40.5 Å². The van der Waals surface area contributed by atoms with Gasteiger partial charge in [0.25, 0.3) is 0 Å². The first-order valence-corrected chi connectivity index (χ1v) is 6.28. The van der Waals surface area contributed by atoms with Gasteiger partial charge in [0.15, 0.2) is 0 Å². The molecule has 1 aliphatic rings. The van der Waals surface area contributed by atoms with E-state index in [1.165, 1.54) is 22.3 Å². The fraction of sp³-hybridized carbons (Fsp3) is 0.250. The first-order chi connectivity index (χ1) is 8.81. The minimum Gasteiger partial charge on any atom is -0.394 e. The highest BCUT2D eigenvalue weighted by molar-refractivity contribution is 5.78. The fourth-order valence-electron chi connectivity index (χ4n) is 2.86.